The summed E-state index contributed by atoms with van der Waals surface area (Å²) >= 11 is 9.42. The van der Waals surface area contributed by atoms with Gasteiger partial charge in [0, 0.05) is 17.1 Å². The van der Waals surface area contributed by atoms with Crippen LogP contribution in [0.25, 0.3) is 0 Å². The van der Waals surface area contributed by atoms with Crippen LogP contribution in [0.2, 0.25) is 5.02 Å². The molecule has 0 bridgehead atoms. The average Bonchev–Trinajstić information content (AvgIpc) is 3.04. The van der Waals surface area contributed by atoms with Crippen LogP contribution in [0.15, 0.2) is 59.2 Å². The van der Waals surface area contributed by atoms with E-state index < -0.39 is 0 Å². The maximum absolute atomic E-state index is 12.5. The number of hydrogen-bond donors (Lipinski definition) is 1. The zero-order valence-electron chi connectivity index (χ0n) is 14.8. The number of halogens is 2. The van der Waals surface area contributed by atoms with Crippen molar-refractivity contribution in [3.8, 4) is 5.75 Å². The van der Waals surface area contributed by atoms with Gasteiger partial charge in [-0.25, -0.2) is 0 Å². The molecule has 2 aromatic carbocycles. The number of amides is 1. The van der Waals surface area contributed by atoms with E-state index in [2.05, 4.69) is 26.3 Å². The highest BCUT2D eigenvalue weighted by Gasteiger charge is 2.11. The highest BCUT2D eigenvalue weighted by molar-refractivity contribution is 9.10. The highest BCUT2D eigenvalue weighted by Crippen LogP contribution is 2.19. The Hall–Kier alpha value is -2.31. The van der Waals surface area contributed by atoms with Gasteiger partial charge in [-0.3, -0.25) is 9.48 Å². The first-order valence-corrected chi connectivity index (χ1v) is 9.69. The van der Waals surface area contributed by atoms with Gasteiger partial charge >= 0.3 is 0 Å². The van der Waals surface area contributed by atoms with Gasteiger partial charge in [-0.05, 0) is 58.7 Å². The molecule has 0 saturated heterocycles. The van der Waals surface area contributed by atoms with Gasteiger partial charge in [0.05, 0.1) is 22.9 Å². The molecule has 0 spiro atoms. The van der Waals surface area contributed by atoms with Gasteiger partial charge in [-0.1, -0.05) is 29.8 Å². The summed E-state index contributed by atoms with van der Waals surface area (Å²) < 4.78 is 8.47. The summed E-state index contributed by atoms with van der Waals surface area (Å²) in [5.74, 6) is 0.547. The van der Waals surface area contributed by atoms with Gasteiger partial charge in [0.1, 0.15) is 12.4 Å². The predicted octanol–water partition coefficient (Wildman–Crippen LogP) is 4.83. The minimum absolute atomic E-state index is 0.143. The molecule has 0 aliphatic heterocycles. The number of benzene rings is 2. The monoisotopic (exact) mass is 447 g/mol. The molecule has 1 heterocycles. The molecule has 0 radical (unpaired) electrons. The summed E-state index contributed by atoms with van der Waals surface area (Å²) in [6.07, 6.45) is 1.73. The third-order valence-corrected chi connectivity index (χ3v) is 4.90. The van der Waals surface area contributed by atoms with Crippen LogP contribution in [0.5, 0.6) is 5.75 Å². The van der Waals surface area contributed by atoms with E-state index in [1.807, 2.05) is 41.9 Å². The van der Waals surface area contributed by atoms with E-state index in [1.54, 1.807) is 24.4 Å². The second-order valence-electron chi connectivity index (χ2n) is 5.88. The van der Waals surface area contributed by atoms with Crippen LogP contribution in [0.3, 0.4) is 0 Å². The smallest absolute Gasteiger partial charge is 0.251 e. The summed E-state index contributed by atoms with van der Waals surface area (Å²) in [4.78, 5) is 12.5. The van der Waals surface area contributed by atoms with Crippen LogP contribution in [-0.4, -0.2) is 15.7 Å². The van der Waals surface area contributed by atoms with Gasteiger partial charge in [0.2, 0.25) is 0 Å². The first kappa shape index (κ1) is 19.5. The minimum atomic E-state index is -0.143. The molecule has 0 saturated carbocycles. The van der Waals surface area contributed by atoms with Crippen LogP contribution >= 0.6 is 27.5 Å². The van der Waals surface area contributed by atoms with E-state index in [-0.39, 0.29) is 5.91 Å². The fraction of sp³-hybridized carbons (Fsp3) is 0.200. The molecule has 3 rings (SSSR count). The molecule has 3 aromatic rings. The summed E-state index contributed by atoms with van der Waals surface area (Å²) in [5.41, 5.74) is 2.43. The van der Waals surface area contributed by atoms with Crippen molar-refractivity contribution in [2.45, 2.75) is 26.6 Å². The van der Waals surface area contributed by atoms with E-state index in [0.717, 1.165) is 22.3 Å². The molecule has 0 atom stereocenters. The molecule has 7 heteroatoms. The Morgan fingerprint density at radius 1 is 1.26 bits per heavy atom. The maximum Gasteiger partial charge on any atom is 0.251 e. The van der Waals surface area contributed by atoms with Crippen molar-refractivity contribution in [3.05, 3.63) is 81.0 Å². The van der Waals surface area contributed by atoms with Crippen LogP contribution in [-0.2, 0) is 19.7 Å². The van der Waals surface area contributed by atoms with Crippen molar-refractivity contribution in [2.75, 3.05) is 0 Å². The second-order valence-corrected chi connectivity index (χ2v) is 7.17. The van der Waals surface area contributed by atoms with Crippen molar-refractivity contribution in [2.24, 2.45) is 0 Å². The summed E-state index contributed by atoms with van der Waals surface area (Å²) in [5, 5.41) is 7.81. The minimum Gasteiger partial charge on any atom is -0.489 e. The van der Waals surface area contributed by atoms with Gasteiger partial charge < -0.3 is 10.1 Å². The number of aryl methyl sites for hydroxylation is 1. The Kier molecular flexibility index (Phi) is 6.53. The largest absolute Gasteiger partial charge is 0.489 e. The zero-order chi connectivity index (χ0) is 19.2. The second kappa shape index (κ2) is 9.06. The molecule has 0 unspecified atom stereocenters. The molecule has 27 heavy (non-hydrogen) atoms. The number of nitrogens with zero attached hydrogens (tertiary/aromatic N) is 2. The summed E-state index contributed by atoms with van der Waals surface area (Å²) in [6, 6.07) is 14.6. The Labute approximate surface area is 171 Å². The van der Waals surface area contributed by atoms with Crippen molar-refractivity contribution in [3.63, 3.8) is 0 Å². The first-order chi connectivity index (χ1) is 13.1. The standard InChI is InChI=1S/C20H19BrClN3O2/c1-2-25-19(18(21)11-24-25)12-23-20(26)15-6-3-5-14(9-15)13-27-17-8-4-7-16(22)10-17/h3-11H,2,12-13H2,1H3,(H,23,26). The summed E-state index contributed by atoms with van der Waals surface area (Å²) in [7, 11) is 0. The van der Waals surface area contributed by atoms with E-state index in [0.29, 0.717) is 29.5 Å². The van der Waals surface area contributed by atoms with E-state index in [4.69, 9.17) is 16.3 Å². The Morgan fingerprint density at radius 3 is 2.85 bits per heavy atom. The lowest BCUT2D eigenvalue weighted by molar-refractivity contribution is 0.0949. The van der Waals surface area contributed by atoms with Gasteiger partial charge in [0.15, 0.2) is 0 Å². The Balaban J connectivity index is 1.62. The number of ether oxygens (including phenoxy) is 1. The lowest BCUT2D eigenvalue weighted by Crippen LogP contribution is -2.24. The van der Waals surface area contributed by atoms with Gasteiger partial charge in [-0.15, -0.1) is 0 Å². The van der Waals surface area contributed by atoms with Crippen LogP contribution in [0.1, 0.15) is 28.5 Å². The fourth-order valence-electron chi connectivity index (χ4n) is 2.63. The first-order valence-electron chi connectivity index (χ1n) is 8.52. The number of carbonyl (C=O) groups excluding carboxylic acids is 1. The zero-order valence-corrected chi connectivity index (χ0v) is 17.1. The lowest BCUT2D eigenvalue weighted by Gasteiger charge is -2.10. The molecule has 140 valence electrons. The molecule has 1 N–H and O–H groups in total. The highest BCUT2D eigenvalue weighted by atomic mass is 79.9. The maximum atomic E-state index is 12.5. The van der Waals surface area contributed by atoms with E-state index in [9.17, 15) is 4.79 Å². The van der Waals surface area contributed by atoms with Crippen molar-refractivity contribution in [1.29, 1.82) is 0 Å². The predicted molar refractivity (Wildman–Crippen MR) is 109 cm³/mol. The molecule has 1 amide bonds. The number of hydrogen-bond acceptors (Lipinski definition) is 3. The number of nitrogens with one attached hydrogen (secondary N) is 1. The number of carbonyl (C=O) groups is 1. The molecule has 0 aliphatic rings. The third-order valence-electron chi connectivity index (χ3n) is 4.00. The Morgan fingerprint density at radius 2 is 2.07 bits per heavy atom. The van der Waals surface area contributed by atoms with Crippen LogP contribution < -0.4 is 10.1 Å². The number of aromatic nitrogens is 2. The van der Waals surface area contributed by atoms with E-state index in [1.165, 1.54) is 0 Å². The van der Waals surface area contributed by atoms with E-state index >= 15 is 0 Å². The third kappa shape index (κ3) is 5.11. The van der Waals surface area contributed by atoms with Gasteiger partial charge in [0.25, 0.3) is 5.91 Å². The topological polar surface area (TPSA) is 56.2 Å². The molecule has 0 fully saturated rings. The van der Waals surface area contributed by atoms with Crippen molar-refractivity contribution < 1.29 is 9.53 Å². The molecule has 0 aliphatic carbocycles. The average molecular weight is 449 g/mol. The van der Waals surface area contributed by atoms with Crippen molar-refractivity contribution >= 4 is 33.4 Å². The fourth-order valence-corrected chi connectivity index (χ4v) is 3.24. The normalized spacial score (nSPS) is 10.6. The molecule has 5 nitrogen and oxygen atoms in total. The molecular formula is C20H19BrClN3O2. The lowest BCUT2D eigenvalue weighted by atomic mass is 10.1. The van der Waals surface area contributed by atoms with Crippen LogP contribution in [0, 0.1) is 0 Å². The Bertz CT molecular complexity index is 942. The molecule has 1 aromatic heterocycles. The molecular weight excluding hydrogens is 430 g/mol. The SMILES string of the molecule is CCn1ncc(Br)c1CNC(=O)c1cccc(COc2cccc(Cl)c2)c1. The quantitative estimate of drug-likeness (QED) is 0.563. The summed E-state index contributed by atoms with van der Waals surface area (Å²) in [6.45, 7) is 3.51. The van der Waals surface area contributed by atoms with Gasteiger partial charge in [-0.2, -0.15) is 5.10 Å². The van der Waals surface area contributed by atoms with Crippen molar-refractivity contribution in [1.82, 2.24) is 15.1 Å². The van der Waals surface area contributed by atoms with Crippen LogP contribution in [0.4, 0.5) is 0 Å². The number of rotatable bonds is 7.